The molecule has 0 aromatic carbocycles. The zero-order chi connectivity index (χ0) is 7.56. The fourth-order valence-corrected chi connectivity index (χ4v) is 1.97. The van der Waals surface area contributed by atoms with E-state index in [1.807, 2.05) is 7.05 Å². The molecule has 0 aromatic heterocycles. The highest BCUT2D eigenvalue weighted by atomic mass is 32.1. The summed E-state index contributed by atoms with van der Waals surface area (Å²) in [4.78, 5) is 0. The lowest BCUT2D eigenvalue weighted by Crippen LogP contribution is -2.16. The van der Waals surface area contributed by atoms with E-state index in [-0.39, 0.29) is 11.4 Å². The number of hydrogen-bond acceptors (Lipinski definition) is 3. The van der Waals surface area contributed by atoms with E-state index in [0.717, 1.165) is 19.4 Å². The molecule has 1 aliphatic rings. The lowest BCUT2D eigenvalue weighted by molar-refractivity contribution is 0.182. The number of aliphatic hydroxyl groups excluding tert-OH is 1. The molecular weight excluding hydrogens is 146 g/mol. The van der Waals surface area contributed by atoms with Gasteiger partial charge >= 0.3 is 0 Å². The van der Waals surface area contributed by atoms with Crippen LogP contribution < -0.4 is 5.32 Å². The average molecular weight is 161 g/mol. The van der Waals surface area contributed by atoms with Gasteiger partial charge in [0.05, 0.1) is 6.10 Å². The van der Waals surface area contributed by atoms with Crippen LogP contribution in [0.2, 0.25) is 0 Å². The molecule has 0 aromatic rings. The molecule has 0 aliphatic heterocycles. The van der Waals surface area contributed by atoms with Crippen LogP contribution >= 0.6 is 12.6 Å². The van der Waals surface area contributed by atoms with E-state index in [4.69, 9.17) is 0 Å². The zero-order valence-electron chi connectivity index (χ0n) is 6.25. The number of rotatable bonds is 2. The van der Waals surface area contributed by atoms with Crippen LogP contribution in [0.15, 0.2) is 0 Å². The summed E-state index contributed by atoms with van der Waals surface area (Å²) < 4.78 is 0. The minimum atomic E-state index is -0.179. The quantitative estimate of drug-likeness (QED) is 0.508. The van der Waals surface area contributed by atoms with Gasteiger partial charge in [0.15, 0.2) is 0 Å². The van der Waals surface area contributed by atoms with Crippen LogP contribution in [-0.4, -0.2) is 30.1 Å². The number of hydrogen-bond donors (Lipinski definition) is 3. The molecule has 0 amide bonds. The lowest BCUT2D eigenvalue weighted by atomic mass is 10.1. The highest BCUT2D eigenvalue weighted by Gasteiger charge is 2.29. The third-order valence-electron chi connectivity index (χ3n) is 2.09. The standard InChI is InChI=1S/C7H15NOS/c1-8-4-5-2-6(9)7(10)3-5/h5-10H,2-4H2,1H3/t5-,6-,7-/m1/s1. The van der Waals surface area contributed by atoms with Gasteiger partial charge in [-0.15, -0.1) is 0 Å². The Bertz CT molecular complexity index is 99.8. The molecule has 2 N–H and O–H groups in total. The Morgan fingerprint density at radius 3 is 2.70 bits per heavy atom. The molecule has 3 atom stereocenters. The van der Waals surface area contributed by atoms with Crippen molar-refractivity contribution in [2.45, 2.75) is 24.2 Å². The second-order valence-corrected chi connectivity index (χ2v) is 3.69. The van der Waals surface area contributed by atoms with Gasteiger partial charge in [0.25, 0.3) is 0 Å². The molecule has 1 rings (SSSR count). The highest BCUT2D eigenvalue weighted by molar-refractivity contribution is 7.81. The SMILES string of the molecule is CNC[C@@H]1C[C@@H](O)[C@H](S)C1. The van der Waals surface area contributed by atoms with Crippen molar-refractivity contribution in [3.05, 3.63) is 0 Å². The van der Waals surface area contributed by atoms with Crippen molar-refractivity contribution >= 4 is 12.6 Å². The van der Waals surface area contributed by atoms with Gasteiger partial charge in [-0.1, -0.05) is 0 Å². The maximum Gasteiger partial charge on any atom is 0.0659 e. The predicted octanol–water partition coefficient (Wildman–Crippen LogP) is 0.275. The van der Waals surface area contributed by atoms with Gasteiger partial charge in [-0.3, -0.25) is 0 Å². The van der Waals surface area contributed by atoms with Gasteiger partial charge < -0.3 is 10.4 Å². The number of thiol groups is 1. The summed E-state index contributed by atoms with van der Waals surface area (Å²) in [5.74, 6) is 0.627. The molecule has 60 valence electrons. The van der Waals surface area contributed by atoms with Crippen molar-refractivity contribution in [1.82, 2.24) is 5.32 Å². The topological polar surface area (TPSA) is 32.3 Å². The third kappa shape index (κ3) is 1.87. The van der Waals surface area contributed by atoms with Crippen molar-refractivity contribution in [1.29, 1.82) is 0 Å². The van der Waals surface area contributed by atoms with Gasteiger partial charge in [0.2, 0.25) is 0 Å². The van der Waals surface area contributed by atoms with Crippen LogP contribution in [0.5, 0.6) is 0 Å². The summed E-state index contributed by atoms with van der Waals surface area (Å²) >= 11 is 4.26. The summed E-state index contributed by atoms with van der Waals surface area (Å²) in [6.45, 7) is 1.01. The zero-order valence-corrected chi connectivity index (χ0v) is 7.14. The van der Waals surface area contributed by atoms with Crippen molar-refractivity contribution in [2.24, 2.45) is 5.92 Å². The van der Waals surface area contributed by atoms with E-state index in [0.29, 0.717) is 5.92 Å². The van der Waals surface area contributed by atoms with E-state index in [2.05, 4.69) is 17.9 Å². The molecule has 0 spiro atoms. The van der Waals surface area contributed by atoms with Crippen molar-refractivity contribution in [2.75, 3.05) is 13.6 Å². The average Bonchev–Trinajstić information content (AvgIpc) is 2.14. The Labute approximate surface area is 67.4 Å². The van der Waals surface area contributed by atoms with Crippen LogP contribution in [0.4, 0.5) is 0 Å². The van der Waals surface area contributed by atoms with Crippen molar-refractivity contribution in [3.63, 3.8) is 0 Å². The molecule has 2 nitrogen and oxygen atoms in total. The fourth-order valence-electron chi connectivity index (χ4n) is 1.55. The third-order valence-corrected chi connectivity index (χ3v) is 2.64. The van der Waals surface area contributed by atoms with Gasteiger partial charge in [-0.2, -0.15) is 12.6 Å². The molecular formula is C7H15NOS. The molecule has 1 aliphatic carbocycles. The molecule has 1 fully saturated rings. The van der Waals surface area contributed by atoms with Crippen LogP contribution in [0.3, 0.4) is 0 Å². The minimum absolute atomic E-state index is 0.179. The van der Waals surface area contributed by atoms with E-state index < -0.39 is 0 Å². The first-order valence-corrected chi connectivity index (χ1v) is 4.26. The summed E-state index contributed by atoms with van der Waals surface area (Å²) in [6.07, 6.45) is 1.78. The Kier molecular flexibility index (Phi) is 3.01. The van der Waals surface area contributed by atoms with E-state index in [1.165, 1.54) is 0 Å². The van der Waals surface area contributed by atoms with Gasteiger partial charge in [0, 0.05) is 5.25 Å². The Morgan fingerprint density at radius 2 is 2.30 bits per heavy atom. The van der Waals surface area contributed by atoms with Crippen molar-refractivity contribution < 1.29 is 5.11 Å². The molecule has 3 heteroatoms. The van der Waals surface area contributed by atoms with Gasteiger partial charge in [-0.05, 0) is 32.4 Å². The normalized spacial score (nSPS) is 40.5. The Morgan fingerprint density at radius 1 is 1.60 bits per heavy atom. The first kappa shape index (κ1) is 8.37. The summed E-state index contributed by atoms with van der Waals surface area (Å²) in [7, 11) is 1.94. The molecule has 0 saturated heterocycles. The second kappa shape index (κ2) is 3.60. The Hall–Kier alpha value is 0.270. The molecule has 0 radical (unpaired) electrons. The molecule has 0 unspecified atom stereocenters. The van der Waals surface area contributed by atoms with Crippen molar-refractivity contribution in [3.8, 4) is 0 Å². The van der Waals surface area contributed by atoms with Crippen LogP contribution in [-0.2, 0) is 0 Å². The van der Waals surface area contributed by atoms with E-state index in [1.54, 1.807) is 0 Å². The first-order valence-electron chi connectivity index (χ1n) is 3.74. The lowest BCUT2D eigenvalue weighted by Gasteiger charge is -2.05. The van der Waals surface area contributed by atoms with E-state index in [9.17, 15) is 5.11 Å². The molecule has 0 heterocycles. The fraction of sp³-hybridized carbons (Fsp3) is 1.00. The monoisotopic (exact) mass is 161 g/mol. The van der Waals surface area contributed by atoms with Gasteiger partial charge in [-0.25, -0.2) is 0 Å². The van der Waals surface area contributed by atoms with Crippen LogP contribution in [0, 0.1) is 5.92 Å². The highest BCUT2D eigenvalue weighted by Crippen LogP contribution is 2.28. The van der Waals surface area contributed by atoms with Gasteiger partial charge in [0.1, 0.15) is 0 Å². The Balaban J connectivity index is 2.27. The maximum absolute atomic E-state index is 9.29. The first-order chi connectivity index (χ1) is 4.74. The van der Waals surface area contributed by atoms with Crippen LogP contribution in [0.1, 0.15) is 12.8 Å². The minimum Gasteiger partial charge on any atom is -0.392 e. The number of nitrogens with one attached hydrogen (secondary N) is 1. The molecule has 1 saturated carbocycles. The van der Waals surface area contributed by atoms with E-state index >= 15 is 0 Å². The number of aliphatic hydroxyl groups is 1. The molecule has 0 bridgehead atoms. The summed E-state index contributed by atoms with van der Waals surface area (Å²) in [5.41, 5.74) is 0. The predicted molar refractivity (Wildman–Crippen MR) is 45.4 cm³/mol. The molecule has 10 heavy (non-hydrogen) atoms. The van der Waals surface area contributed by atoms with Crippen LogP contribution in [0.25, 0.3) is 0 Å². The smallest absolute Gasteiger partial charge is 0.0659 e. The maximum atomic E-state index is 9.29. The second-order valence-electron chi connectivity index (χ2n) is 3.03. The largest absolute Gasteiger partial charge is 0.392 e. The summed E-state index contributed by atoms with van der Waals surface area (Å²) in [5, 5.41) is 12.6. The summed E-state index contributed by atoms with van der Waals surface area (Å²) in [6, 6.07) is 0.